The number of hydrogen-bond donors (Lipinski definition) is 2. The summed E-state index contributed by atoms with van der Waals surface area (Å²) in [6, 6.07) is 14.8. The van der Waals surface area contributed by atoms with Gasteiger partial charge in [0.25, 0.3) is 0 Å². The molecule has 0 radical (unpaired) electrons. The number of nitrogens with one attached hydrogen (secondary N) is 1. The van der Waals surface area contributed by atoms with Gasteiger partial charge < -0.3 is 11.1 Å². The first kappa shape index (κ1) is 13.6. The number of primary amides is 1. The minimum absolute atomic E-state index is 0.422. The average Bonchev–Trinajstić information content (AvgIpc) is 2.46. The number of amides is 1. The second-order valence-electron chi connectivity index (χ2n) is 4.55. The maximum Gasteiger partial charge on any atom is 0.248 e. The van der Waals surface area contributed by atoms with Crippen molar-refractivity contribution < 1.29 is 4.79 Å². The van der Waals surface area contributed by atoms with E-state index in [-0.39, 0.29) is 0 Å². The number of nitrogens with zero attached hydrogens (tertiary/aromatic N) is 1. The van der Waals surface area contributed by atoms with Crippen LogP contribution in [-0.2, 0) is 6.54 Å². The van der Waals surface area contributed by atoms with Gasteiger partial charge >= 0.3 is 0 Å². The third kappa shape index (κ3) is 3.15. The molecule has 4 heteroatoms. The molecule has 1 amide bonds. The van der Waals surface area contributed by atoms with E-state index in [9.17, 15) is 4.79 Å². The van der Waals surface area contributed by atoms with E-state index in [1.54, 1.807) is 24.3 Å². The highest BCUT2D eigenvalue weighted by Crippen LogP contribution is 2.15. The van der Waals surface area contributed by atoms with E-state index in [0.29, 0.717) is 17.7 Å². The number of benzene rings is 2. The Kier molecular flexibility index (Phi) is 4.02. The van der Waals surface area contributed by atoms with Crippen molar-refractivity contribution in [3.63, 3.8) is 0 Å². The van der Waals surface area contributed by atoms with Gasteiger partial charge in [0, 0.05) is 17.8 Å². The first-order valence-electron chi connectivity index (χ1n) is 6.23. The Morgan fingerprint density at radius 3 is 2.75 bits per heavy atom. The average molecular weight is 265 g/mol. The number of aryl methyl sites for hydroxylation is 1. The van der Waals surface area contributed by atoms with Crippen LogP contribution >= 0.6 is 0 Å². The van der Waals surface area contributed by atoms with Crippen LogP contribution in [-0.4, -0.2) is 5.91 Å². The summed E-state index contributed by atoms with van der Waals surface area (Å²) in [5, 5.41) is 12.1. The van der Waals surface area contributed by atoms with Crippen LogP contribution in [0.15, 0.2) is 42.5 Å². The van der Waals surface area contributed by atoms with Crippen molar-refractivity contribution >= 4 is 11.6 Å². The third-order valence-electron chi connectivity index (χ3n) is 3.10. The van der Waals surface area contributed by atoms with Crippen LogP contribution in [0.5, 0.6) is 0 Å². The molecular weight excluding hydrogens is 250 g/mol. The maximum atomic E-state index is 11.1. The fraction of sp³-hybridized carbons (Fsp3) is 0.125. The van der Waals surface area contributed by atoms with E-state index < -0.39 is 5.91 Å². The molecular formula is C16H15N3O. The molecule has 4 nitrogen and oxygen atoms in total. The predicted molar refractivity (Wildman–Crippen MR) is 78.2 cm³/mol. The van der Waals surface area contributed by atoms with Crippen molar-refractivity contribution in [3.05, 3.63) is 64.7 Å². The van der Waals surface area contributed by atoms with E-state index in [0.717, 1.165) is 16.8 Å². The molecule has 0 saturated heterocycles. The molecule has 0 aromatic heterocycles. The van der Waals surface area contributed by atoms with E-state index in [1.165, 1.54) is 0 Å². The van der Waals surface area contributed by atoms with Crippen LogP contribution in [0.4, 0.5) is 5.69 Å². The highest BCUT2D eigenvalue weighted by molar-refractivity contribution is 5.93. The second kappa shape index (κ2) is 5.89. The molecule has 0 fully saturated rings. The SMILES string of the molecule is Cc1cc(C(N)=O)ccc1CNc1cccc(C#N)c1. The summed E-state index contributed by atoms with van der Waals surface area (Å²) in [4.78, 5) is 11.1. The van der Waals surface area contributed by atoms with Crippen molar-refractivity contribution in [2.75, 3.05) is 5.32 Å². The normalized spacial score (nSPS) is 9.80. The number of hydrogen-bond acceptors (Lipinski definition) is 3. The van der Waals surface area contributed by atoms with E-state index in [4.69, 9.17) is 11.0 Å². The minimum Gasteiger partial charge on any atom is -0.381 e. The lowest BCUT2D eigenvalue weighted by Crippen LogP contribution is -2.11. The highest BCUT2D eigenvalue weighted by Gasteiger charge is 2.04. The molecule has 2 aromatic carbocycles. The van der Waals surface area contributed by atoms with Crippen LogP contribution in [0, 0.1) is 18.3 Å². The van der Waals surface area contributed by atoms with Gasteiger partial charge in [0.2, 0.25) is 5.91 Å². The Bertz CT molecular complexity index is 686. The van der Waals surface area contributed by atoms with Gasteiger partial charge in [-0.25, -0.2) is 0 Å². The summed E-state index contributed by atoms with van der Waals surface area (Å²) < 4.78 is 0. The second-order valence-corrected chi connectivity index (χ2v) is 4.55. The summed E-state index contributed by atoms with van der Waals surface area (Å²) in [5.74, 6) is -0.422. The van der Waals surface area contributed by atoms with Crippen molar-refractivity contribution in [1.29, 1.82) is 5.26 Å². The first-order valence-corrected chi connectivity index (χ1v) is 6.23. The largest absolute Gasteiger partial charge is 0.381 e. The van der Waals surface area contributed by atoms with Crippen LogP contribution in [0.25, 0.3) is 0 Å². The third-order valence-corrected chi connectivity index (χ3v) is 3.10. The Balaban J connectivity index is 2.11. The molecule has 2 rings (SSSR count). The van der Waals surface area contributed by atoms with Crippen molar-refractivity contribution in [3.8, 4) is 6.07 Å². The standard InChI is InChI=1S/C16H15N3O/c1-11-7-13(16(18)20)5-6-14(11)10-19-15-4-2-3-12(8-15)9-17/h2-8,19H,10H2,1H3,(H2,18,20). The Labute approximate surface area is 117 Å². The molecule has 0 saturated carbocycles. The highest BCUT2D eigenvalue weighted by atomic mass is 16.1. The predicted octanol–water partition coefficient (Wildman–Crippen LogP) is 2.58. The van der Waals surface area contributed by atoms with Gasteiger partial charge in [0.15, 0.2) is 0 Å². The van der Waals surface area contributed by atoms with Gasteiger partial charge in [0.1, 0.15) is 0 Å². The molecule has 0 aliphatic carbocycles. The number of anilines is 1. The zero-order chi connectivity index (χ0) is 14.5. The minimum atomic E-state index is -0.422. The molecule has 0 unspecified atom stereocenters. The molecule has 0 bridgehead atoms. The van der Waals surface area contributed by atoms with Crippen LogP contribution in [0.2, 0.25) is 0 Å². The van der Waals surface area contributed by atoms with Gasteiger partial charge in [-0.15, -0.1) is 0 Å². The monoisotopic (exact) mass is 265 g/mol. The van der Waals surface area contributed by atoms with Crippen molar-refractivity contribution in [1.82, 2.24) is 0 Å². The quantitative estimate of drug-likeness (QED) is 0.891. The molecule has 0 atom stereocenters. The van der Waals surface area contributed by atoms with Crippen molar-refractivity contribution in [2.24, 2.45) is 5.73 Å². The molecule has 100 valence electrons. The summed E-state index contributed by atoms with van der Waals surface area (Å²) in [5.41, 5.74) is 9.35. The maximum absolute atomic E-state index is 11.1. The molecule has 20 heavy (non-hydrogen) atoms. The van der Waals surface area contributed by atoms with Crippen LogP contribution in [0.1, 0.15) is 27.0 Å². The zero-order valence-electron chi connectivity index (χ0n) is 11.2. The molecule has 0 aliphatic rings. The smallest absolute Gasteiger partial charge is 0.248 e. The molecule has 0 heterocycles. The number of nitriles is 1. The summed E-state index contributed by atoms with van der Waals surface area (Å²) in [7, 11) is 0. The lowest BCUT2D eigenvalue weighted by atomic mass is 10.0. The zero-order valence-corrected chi connectivity index (χ0v) is 11.2. The number of nitrogens with two attached hydrogens (primary N) is 1. The number of carbonyl (C=O) groups excluding carboxylic acids is 1. The summed E-state index contributed by atoms with van der Waals surface area (Å²) in [6.45, 7) is 2.56. The Hall–Kier alpha value is -2.80. The summed E-state index contributed by atoms with van der Waals surface area (Å²) >= 11 is 0. The van der Waals surface area contributed by atoms with E-state index in [1.807, 2.05) is 25.1 Å². The Morgan fingerprint density at radius 2 is 2.10 bits per heavy atom. The van der Waals surface area contributed by atoms with Crippen LogP contribution in [0.3, 0.4) is 0 Å². The van der Waals surface area contributed by atoms with E-state index >= 15 is 0 Å². The van der Waals surface area contributed by atoms with Gasteiger partial charge in [-0.05, 0) is 48.4 Å². The van der Waals surface area contributed by atoms with Gasteiger partial charge in [-0.3, -0.25) is 4.79 Å². The fourth-order valence-corrected chi connectivity index (χ4v) is 1.94. The topological polar surface area (TPSA) is 78.9 Å². The number of carbonyl (C=O) groups is 1. The lowest BCUT2D eigenvalue weighted by Gasteiger charge is -2.10. The summed E-state index contributed by atoms with van der Waals surface area (Å²) in [6.07, 6.45) is 0. The van der Waals surface area contributed by atoms with E-state index in [2.05, 4.69) is 11.4 Å². The Morgan fingerprint density at radius 1 is 1.30 bits per heavy atom. The fourth-order valence-electron chi connectivity index (χ4n) is 1.94. The van der Waals surface area contributed by atoms with Crippen molar-refractivity contribution in [2.45, 2.75) is 13.5 Å². The molecule has 3 N–H and O–H groups in total. The van der Waals surface area contributed by atoms with Crippen LogP contribution < -0.4 is 11.1 Å². The molecule has 0 spiro atoms. The van der Waals surface area contributed by atoms with Gasteiger partial charge in [0.05, 0.1) is 11.6 Å². The lowest BCUT2D eigenvalue weighted by molar-refractivity contribution is 0.1000. The molecule has 2 aromatic rings. The van der Waals surface area contributed by atoms with Gasteiger partial charge in [-0.2, -0.15) is 5.26 Å². The number of rotatable bonds is 4. The molecule has 0 aliphatic heterocycles. The first-order chi connectivity index (χ1) is 9.60. The van der Waals surface area contributed by atoms with Gasteiger partial charge in [-0.1, -0.05) is 12.1 Å².